The van der Waals surface area contributed by atoms with Crippen LogP contribution in [0.5, 0.6) is 0 Å². The van der Waals surface area contributed by atoms with Gasteiger partial charge in [-0.05, 0) is 59.2 Å². The summed E-state index contributed by atoms with van der Waals surface area (Å²) in [6, 6.07) is 4.47. The van der Waals surface area contributed by atoms with Gasteiger partial charge in [-0.25, -0.2) is 4.79 Å². The highest BCUT2D eigenvalue weighted by molar-refractivity contribution is 14.1. The maximum absolute atomic E-state index is 12.1. The number of amides is 1. The van der Waals surface area contributed by atoms with Crippen molar-refractivity contribution in [3.63, 3.8) is 0 Å². The molecule has 0 aliphatic rings. The summed E-state index contributed by atoms with van der Waals surface area (Å²) in [7, 11) is 0. The molecular weight excluding hydrogens is 445 g/mol. The predicted octanol–water partition coefficient (Wildman–Crippen LogP) is 2.99. The summed E-state index contributed by atoms with van der Waals surface area (Å²) >= 11 is 6.90. The number of rotatable bonds is 6. The zero-order valence-electron chi connectivity index (χ0n) is 10.2. The van der Waals surface area contributed by atoms with Crippen LogP contribution in [0.4, 0.5) is 0 Å². The lowest BCUT2D eigenvalue weighted by atomic mass is 10.1. The molecule has 0 aliphatic carbocycles. The third-order valence-corrected chi connectivity index (χ3v) is 4.46. The molecule has 0 unspecified atom stereocenters. The van der Waals surface area contributed by atoms with Crippen LogP contribution >= 0.6 is 50.3 Å². The van der Waals surface area contributed by atoms with Gasteiger partial charge in [0.1, 0.15) is 6.04 Å². The molecule has 4 nitrogen and oxygen atoms in total. The molecule has 0 spiro atoms. The molecule has 19 heavy (non-hydrogen) atoms. The molecular formula is C12H13BrINO3S. The molecule has 1 atom stereocenters. The van der Waals surface area contributed by atoms with Gasteiger partial charge in [-0.3, -0.25) is 4.79 Å². The SMILES string of the molecule is CSCC[C@@H](NC(=O)c1cc(Br)ccc1I)C(=O)O. The molecule has 0 bridgehead atoms. The first-order chi connectivity index (χ1) is 8.95. The Morgan fingerprint density at radius 2 is 2.21 bits per heavy atom. The zero-order valence-corrected chi connectivity index (χ0v) is 14.7. The molecule has 0 aliphatic heterocycles. The van der Waals surface area contributed by atoms with Crippen molar-refractivity contribution in [3.8, 4) is 0 Å². The second-order valence-electron chi connectivity index (χ2n) is 3.77. The fraction of sp³-hybridized carbons (Fsp3) is 0.333. The largest absolute Gasteiger partial charge is 0.480 e. The highest BCUT2D eigenvalue weighted by Gasteiger charge is 2.21. The summed E-state index contributed by atoms with van der Waals surface area (Å²) in [5.41, 5.74) is 0.477. The number of benzene rings is 1. The Bertz CT molecular complexity index is 484. The van der Waals surface area contributed by atoms with Gasteiger partial charge in [0.25, 0.3) is 5.91 Å². The Morgan fingerprint density at radius 3 is 2.79 bits per heavy atom. The lowest BCUT2D eigenvalue weighted by Gasteiger charge is -2.14. The van der Waals surface area contributed by atoms with Crippen molar-refractivity contribution in [2.24, 2.45) is 0 Å². The second kappa shape index (κ2) is 8.11. The number of carbonyl (C=O) groups is 2. The number of hydrogen-bond donors (Lipinski definition) is 2. The Morgan fingerprint density at radius 1 is 1.53 bits per heavy atom. The van der Waals surface area contributed by atoms with Crippen LogP contribution in [-0.4, -0.2) is 35.0 Å². The minimum atomic E-state index is -1.01. The van der Waals surface area contributed by atoms with Crippen molar-refractivity contribution in [3.05, 3.63) is 31.8 Å². The summed E-state index contributed by atoms with van der Waals surface area (Å²) < 4.78 is 1.57. The van der Waals surface area contributed by atoms with Crippen LogP contribution in [0.25, 0.3) is 0 Å². The zero-order chi connectivity index (χ0) is 14.4. The Labute approximate surface area is 138 Å². The smallest absolute Gasteiger partial charge is 0.326 e. The maximum Gasteiger partial charge on any atom is 0.326 e. The Balaban J connectivity index is 2.81. The first kappa shape index (κ1) is 16.8. The van der Waals surface area contributed by atoms with Gasteiger partial charge in [0.05, 0.1) is 5.56 Å². The van der Waals surface area contributed by atoms with E-state index in [-0.39, 0.29) is 5.91 Å². The highest BCUT2D eigenvalue weighted by Crippen LogP contribution is 2.18. The van der Waals surface area contributed by atoms with E-state index in [2.05, 4.69) is 43.8 Å². The molecule has 7 heteroatoms. The Kier molecular flexibility index (Phi) is 7.16. The fourth-order valence-electron chi connectivity index (χ4n) is 1.40. The van der Waals surface area contributed by atoms with E-state index >= 15 is 0 Å². The van der Waals surface area contributed by atoms with Crippen molar-refractivity contribution < 1.29 is 14.7 Å². The molecule has 0 heterocycles. The van der Waals surface area contributed by atoms with E-state index in [9.17, 15) is 9.59 Å². The molecule has 1 amide bonds. The molecule has 0 saturated heterocycles. The van der Waals surface area contributed by atoms with Crippen molar-refractivity contribution in [2.75, 3.05) is 12.0 Å². The van der Waals surface area contributed by atoms with E-state index in [4.69, 9.17) is 5.11 Å². The van der Waals surface area contributed by atoms with Gasteiger partial charge in [-0.1, -0.05) is 15.9 Å². The number of carboxylic acids is 1. The summed E-state index contributed by atoms with van der Waals surface area (Å²) in [5, 5.41) is 11.6. The van der Waals surface area contributed by atoms with Crippen LogP contribution in [0, 0.1) is 3.57 Å². The number of thioether (sulfide) groups is 1. The molecule has 0 fully saturated rings. The summed E-state index contributed by atoms with van der Waals surface area (Å²) in [4.78, 5) is 23.2. The number of nitrogens with one attached hydrogen (secondary N) is 1. The standard InChI is InChI=1S/C12H13BrINO3S/c1-19-5-4-10(12(17)18)15-11(16)8-6-7(13)2-3-9(8)14/h2-3,6,10H,4-5H2,1H3,(H,15,16)(H,17,18)/t10-/m1/s1. The van der Waals surface area contributed by atoms with Gasteiger partial charge in [0.2, 0.25) is 0 Å². The summed E-state index contributed by atoms with van der Waals surface area (Å²) in [6.07, 6.45) is 2.31. The normalized spacial score (nSPS) is 11.9. The minimum Gasteiger partial charge on any atom is -0.480 e. The topological polar surface area (TPSA) is 66.4 Å². The lowest BCUT2D eigenvalue weighted by molar-refractivity contribution is -0.139. The lowest BCUT2D eigenvalue weighted by Crippen LogP contribution is -2.41. The van der Waals surface area contributed by atoms with Crippen molar-refractivity contribution >= 4 is 62.2 Å². The van der Waals surface area contributed by atoms with Crippen LogP contribution in [0.15, 0.2) is 22.7 Å². The molecule has 0 radical (unpaired) electrons. The van der Waals surface area contributed by atoms with E-state index < -0.39 is 12.0 Å². The Hall–Kier alpha value is -0.280. The van der Waals surface area contributed by atoms with E-state index in [0.29, 0.717) is 17.7 Å². The quantitative estimate of drug-likeness (QED) is 0.644. The number of carbonyl (C=O) groups excluding carboxylic acids is 1. The van der Waals surface area contributed by atoms with Crippen molar-refractivity contribution in [1.29, 1.82) is 0 Å². The number of hydrogen-bond acceptors (Lipinski definition) is 3. The number of halogens is 2. The average Bonchev–Trinajstić information content (AvgIpc) is 2.36. The molecule has 0 aromatic heterocycles. The molecule has 1 aromatic rings. The van der Waals surface area contributed by atoms with Crippen LogP contribution in [0.1, 0.15) is 16.8 Å². The van der Waals surface area contributed by atoms with E-state index in [1.54, 1.807) is 23.9 Å². The van der Waals surface area contributed by atoms with Crippen molar-refractivity contribution in [1.82, 2.24) is 5.32 Å². The van der Waals surface area contributed by atoms with E-state index in [1.807, 2.05) is 12.3 Å². The number of carboxylic acid groups (broad SMARTS) is 1. The molecule has 1 aromatic carbocycles. The monoisotopic (exact) mass is 457 g/mol. The third-order valence-electron chi connectivity index (χ3n) is 2.39. The fourth-order valence-corrected chi connectivity index (χ4v) is 2.81. The molecule has 0 saturated carbocycles. The second-order valence-corrected chi connectivity index (χ2v) is 6.83. The highest BCUT2D eigenvalue weighted by atomic mass is 127. The van der Waals surface area contributed by atoms with Gasteiger partial charge in [0, 0.05) is 8.04 Å². The van der Waals surface area contributed by atoms with Gasteiger partial charge in [-0.2, -0.15) is 11.8 Å². The predicted molar refractivity (Wildman–Crippen MR) is 88.7 cm³/mol. The molecule has 1 rings (SSSR count). The van der Waals surface area contributed by atoms with Crippen molar-refractivity contribution in [2.45, 2.75) is 12.5 Å². The van der Waals surface area contributed by atoms with Gasteiger partial charge in [0.15, 0.2) is 0 Å². The van der Waals surface area contributed by atoms with E-state index in [0.717, 1.165) is 8.04 Å². The maximum atomic E-state index is 12.1. The molecule has 104 valence electrons. The van der Waals surface area contributed by atoms with Crippen LogP contribution in [-0.2, 0) is 4.79 Å². The minimum absolute atomic E-state index is 0.362. The first-order valence-electron chi connectivity index (χ1n) is 5.43. The molecule has 2 N–H and O–H groups in total. The van der Waals surface area contributed by atoms with Gasteiger partial charge >= 0.3 is 5.97 Å². The van der Waals surface area contributed by atoms with Gasteiger partial charge in [-0.15, -0.1) is 0 Å². The average molecular weight is 458 g/mol. The van der Waals surface area contributed by atoms with Crippen LogP contribution in [0.2, 0.25) is 0 Å². The first-order valence-corrected chi connectivity index (χ1v) is 8.70. The van der Waals surface area contributed by atoms with Crippen LogP contribution < -0.4 is 5.32 Å². The summed E-state index contributed by atoms with van der Waals surface area (Å²) in [6.45, 7) is 0. The van der Waals surface area contributed by atoms with Crippen LogP contribution in [0.3, 0.4) is 0 Å². The summed E-state index contributed by atoms with van der Waals surface area (Å²) in [5.74, 6) is -0.682. The third kappa shape index (κ3) is 5.31. The van der Waals surface area contributed by atoms with Gasteiger partial charge < -0.3 is 10.4 Å². The van der Waals surface area contributed by atoms with E-state index in [1.165, 1.54) is 0 Å². The number of aliphatic carboxylic acids is 1.